The van der Waals surface area contributed by atoms with Crippen molar-refractivity contribution in [3.05, 3.63) is 33.3 Å². The third kappa shape index (κ3) is 3.17. The summed E-state index contributed by atoms with van der Waals surface area (Å²) in [5.74, 6) is 0.0143. The number of methoxy groups -OCH3 is 1. The van der Waals surface area contributed by atoms with Gasteiger partial charge in [-0.15, -0.1) is 0 Å². The normalized spacial score (nSPS) is 21.5. The Morgan fingerprint density at radius 2 is 2.30 bits per heavy atom. The van der Waals surface area contributed by atoms with Crippen molar-refractivity contribution in [1.29, 1.82) is 0 Å². The molecule has 2 rings (SSSR count). The lowest BCUT2D eigenvalue weighted by molar-refractivity contribution is -0.384. The first-order chi connectivity index (χ1) is 9.51. The van der Waals surface area contributed by atoms with E-state index in [1.165, 1.54) is 25.3 Å². The minimum atomic E-state index is -0.528. The molecule has 0 amide bonds. The summed E-state index contributed by atoms with van der Waals surface area (Å²) < 4.78 is 10.3. The Kier molecular flexibility index (Phi) is 4.41. The number of esters is 1. The van der Waals surface area contributed by atoms with Crippen LogP contribution in [0.3, 0.4) is 0 Å². The zero-order chi connectivity index (χ0) is 14.7. The number of carbonyl (C=O) groups is 1. The Hall–Kier alpha value is -1.86. The molecule has 0 saturated carbocycles. The fraction of sp³-hybridized carbons (Fsp3) is 0.417. The third-order valence-corrected chi connectivity index (χ3v) is 3.29. The number of nitro groups is 1. The van der Waals surface area contributed by atoms with E-state index in [0.29, 0.717) is 18.7 Å². The molecule has 1 N–H and O–H groups in total. The number of rotatable bonds is 4. The van der Waals surface area contributed by atoms with Gasteiger partial charge in [-0.05, 0) is 6.07 Å². The van der Waals surface area contributed by atoms with Crippen LogP contribution in [-0.4, -0.2) is 36.7 Å². The Labute approximate surface area is 120 Å². The zero-order valence-corrected chi connectivity index (χ0v) is 11.4. The molecular weight excluding hydrogens is 288 g/mol. The number of ether oxygens (including phenoxy) is 2. The quantitative estimate of drug-likeness (QED) is 0.515. The van der Waals surface area contributed by atoms with E-state index in [1.807, 2.05) is 0 Å². The molecule has 1 aliphatic heterocycles. The molecule has 1 saturated heterocycles. The molecule has 1 aliphatic rings. The summed E-state index contributed by atoms with van der Waals surface area (Å²) in [7, 11) is 1.32. The minimum Gasteiger partial charge on any atom is -0.487 e. The van der Waals surface area contributed by atoms with Gasteiger partial charge in [-0.3, -0.25) is 14.9 Å². The molecule has 0 bridgehead atoms. The summed E-state index contributed by atoms with van der Waals surface area (Å²) in [4.78, 5) is 21.4. The number of benzene rings is 1. The topological polar surface area (TPSA) is 90.7 Å². The van der Waals surface area contributed by atoms with Crippen LogP contribution in [0.15, 0.2) is 18.2 Å². The number of nitrogens with zero attached hydrogens (tertiary/aromatic N) is 1. The second-order valence-corrected chi connectivity index (χ2v) is 4.74. The second kappa shape index (κ2) is 6.06. The van der Waals surface area contributed by atoms with Crippen LogP contribution in [0.2, 0.25) is 5.02 Å². The molecule has 0 spiro atoms. The molecule has 0 aliphatic carbocycles. The lowest BCUT2D eigenvalue weighted by Gasteiger charge is -2.13. The standard InChI is InChI=1S/C12H13ClN2O5/c1-19-12(16)10-5-8(6-14-10)20-11-3-2-7(15(17)18)4-9(11)13/h2-4,8,10,14H,5-6H2,1H3/t8-,10-/m1/s1. The highest BCUT2D eigenvalue weighted by Crippen LogP contribution is 2.30. The summed E-state index contributed by atoms with van der Waals surface area (Å²) in [6.07, 6.45) is 0.220. The predicted octanol–water partition coefficient (Wildman–Crippen LogP) is 1.53. The SMILES string of the molecule is COC(=O)[C@H]1C[C@@H](Oc2ccc([N+](=O)[O-])cc2Cl)CN1. The summed E-state index contributed by atoms with van der Waals surface area (Å²) in [6, 6.07) is 3.60. The van der Waals surface area contributed by atoms with Crippen LogP contribution in [0.5, 0.6) is 5.75 Å². The highest BCUT2D eigenvalue weighted by Gasteiger charge is 2.31. The first kappa shape index (κ1) is 14.5. The number of halogens is 1. The predicted molar refractivity (Wildman–Crippen MR) is 70.9 cm³/mol. The smallest absolute Gasteiger partial charge is 0.323 e. The van der Waals surface area contributed by atoms with E-state index in [4.69, 9.17) is 16.3 Å². The monoisotopic (exact) mass is 300 g/mol. The molecular formula is C12H13ClN2O5. The largest absolute Gasteiger partial charge is 0.487 e. The van der Waals surface area contributed by atoms with Crippen LogP contribution in [0.4, 0.5) is 5.69 Å². The minimum absolute atomic E-state index is 0.0978. The lowest BCUT2D eigenvalue weighted by atomic mass is 10.2. The van der Waals surface area contributed by atoms with Gasteiger partial charge in [-0.25, -0.2) is 0 Å². The Morgan fingerprint density at radius 1 is 1.55 bits per heavy atom. The Bertz CT molecular complexity index is 537. The molecule has 8 heteroatoms. The van der Waals surface area contributed by atoms with Crippen molar-refractivity contribution < 1.29 is 19.2 Å². The van der Waals surface area contributed by atoms with Crippen molar-refractivity contribution in [2.75, 3.05) is 13.7 Å². The van der Waals surface area contributed by atoms with Gasteiger partial charge in [0, 0.05) is 25.1 Å². The second-order valence-electron chi connectivity index (χ2n) is 4.33. The summed E-state index contributed by atoms with van der Waals surface area (Å²) in [5.41, 5.74) is -0.0978. The van der Waals surface area contributed by atoms with Gasteiger partial charge in [0.2, 0.25) is 0 Å². The van der Waals surface area contributed by atoms with E-state index in [-0.39, 0.29) is 22.8 Å². The van der Waals surface area contributed by atoms with Gasteiger partial charge in [-0.1, -0.05) is 11.6 Å². The van der Waals surface area contributed by atoms with Crippen LogP contribution in [0.1, 0.15) is 6.42 Å². The number of nitrogens with one attached hydrogen (secondary N) is 1. The Morgan fingerprint density at radius 3 is 2.90 bits per heavy atom. The van der Waals surface area contributed by atoms with E-state index in [2.05, 4.69) is 10.1 Å². The number of nitro benzene ring substituents is 1. The molecule has 0 aromatic heterocycles. The van der Waals surface area contributed by atoms with Crippen molar-refractivity contribution >= 4 is 23.3 Å². The molecule has 1 fully saturated rings. The fourth-order valence-corrected chi connectivity index (χ4v) is 2.21. The number of carbonyl (C=O) groups excluding carboxylic acids is 1. The van der Waals surface area contributed by atoms with E-state index in [0.717, 1.165) is 0 Å². The Balaban J connectivity index is 2.01. The van der Waals surface area contributed by atoms with Crippen LogP contribution >= 0.6 is 11.6 Å². The molecule has 2 atom stereocenters. The van der Waals surface area contributed by atoms with Gasteiger partial charge in [-0.2, -0.15) is 0 Å². The molecule has 0 radical (unpaired) electrons. The van der Waals surface area contributed by atoms with E-state index < -0.39 is 11.0 Å². The molecule has 1 aromatic carbocycles. The summed E-state index contributed by atoms with van der Waals surface area (Å²) >= 11 is 5.94. The summed E-state index contributed by atoms with van der Waals surface area (Å²) in [5, 5.41) is 13.7. The number of hydrogen-bond acceptors (Lipinski definition) is 6. The highest BCUT2D eigenvalue weighted by atomic mass is 35.5. The van der Waals surface area contributed by atoms with Crippen molar-refractivity contribution in [2.45, 2.75) is 18.6 Å². The molecule has 0 unspecified atom stereocenters. The van der Waals surface area contributed by atoms with Gasteiger partial charge < -0.3 is 14.8 Å². The third-order valence-electron chi connectivity index (χ3n) is 3.00. The number of hydrogen-bond donors (Lipinski definition) is 1. The van der Waals surface area contributed by atoms with Gasteiger partial charge in [0.15, 0.2) is 0 Å². The molecule has 7 nitrogen and oxygen atoms in total. The van der Waals surface area contributed by atoms with E-state index >= 15 is 0 Å². The van der Waals surface area contributed by atoms with Crippen LogP contribution < -0.4 is 10.1 Å². The van der Waals surface area contributed by atoms with Crippen LogP contribution in [-0.2, 0) is 9.53 Å². The summed E-state index contributed by atoms with van der Waals surface area (Å²) in [6.45, 7) is 0.479. The van der Waals surface area contributed by atoms with Gasteiger partial charge in [0.05, 0.1) is 17.1 Å². The van der Waals surface area contributed by atoms with Crippen molar-refractivity contribution in [1.82, 2.24) is 5.32 Å². The van der Waals surface area contributed by atoms with Crippen molar-refractivity contribution in [3.63, 3.8) is 0 Å². The maximum atomic E-state index is 11.4. The fourth-order valence-electron chi connectivity index (χ4n) is 1.99. The van der Waals surface area contributed by atoms with Crippen molar-refractivity contribution in [2.24, 2.45) is 0 Å². The van der Waals surface area contributed by atoms with E-state index in [1.54, 1.807) is 0 Å². The zero-order valence-electron chi connectivity index (χ0n) is 10.7. The molecule has 1 heterocycles. The van der Waals surface area contributed by atoms with Gasteiger partial charge >= 0.3 is 5.97 Å². The molecule has 20 heavy (non-hydrogen) atoms. The molecule has 108 valence electrons. The molecule has 1 aromatic rings. The number of non-ortho nitro benzene ring substituents is 1. The average molecular weight is 301 g/mol. The first-order valence-corrected chi connectivity index (χ1v) is 6.31. The maximum absolute atomic E-state index is 11.4. The van der Waals surface area contributed by atoms with Gasteiger partial charge in [0.25, 0.3) is 5.69 Å². The van der Waals surface area contributed by atoms with Crippen LogP contribution in [0, 0.1) is 10.1 Å². The van der Waals surface area contributed by atoms with E-state index in [9.17, 15) is 14.9 Å². The highest BCUT2D eigenvalue weighted by molar-refractivity contribution is 6.32. The maximum Gasteiger partial charge on any atom is 0.323 e. The van der Waals surface area contributed by atoms with Gasteiger partial charge in [0.1, 0.15) is 17.9 Å². The van der Waals surface area contributed by atoms with Crippen molar-refractivity contribution in [3.8, 4) is 5.75 Å². The van der Waals surface area contributed by atoms with Crippen LogP contribution in [0.25, 0.3) is 0 Å². The average Bonchev–Trinajstić information content (AvgIpc) is 2.88. The lowest BCUT2D eigenvalue weighted by Crippen LogP contribution is -2.31. The first-order valence-electron chi connectivity index (χ1n) is 5.93.